The maximum absolute atomic E-state index is 12.9. The highest BCUT2D eigenvalue weighted by atomic mass is 19.1. The molecule has 1 saturated carbocycles. The Morgan fingerprint density at radius 3 is 2.71 bits per heavy atom. The minimum Gasteiger partial charge on any atom is -0.359 e. The van der Waals surface area contributed by atoms with Crippen molar-refractivity contribution in [2.24, 2.45) is 0 Å². The van der Waals surface area contributed by atoms with Crippen LogP contribution in [0.2, 0.25) is 0 Å². The molecule has 0 N–H and O–H groups in total. The second kappa shape index (κ2) is 3.95. The van der Waals surface area contributed by atoms with Crippen LogP contribution in [0.25, 0.3) is 0 Å². The quantitative estimate of drug-likeness (QED) is 0.666. The van der Waals surface area contributed by atoms with Crippen LogP contribution in [-0.4, -0.2) is 6.10 Å². The molecule has 1 heterocycles. The minimum absolute atomic E-state index is 0.194. The number of hydrogen-bond donors (Lipinski definition) is 0. The molecular weight excluding hydrogens is 215 g/mol. The van der Waals surface area contributed by atoms with Crippen LogP contribution in [0.4, 0.5) is 4.39 Å². The lowest BCUT2D eigenvalue weighted by molar-refractivity contribution is -0.0254. The molecule has 1 aromatic carbocycles. The fraction of sp³-hybridized carbons (Fsp3) is 0.467. The number of hydrogen-bond acceptors (Lipinski definition) is 1. The zero-order valence-electron chi connectivity index (χ0n) is 10.1. The molecule has 2 heteroatoms. The number of fused-ring (bicyclic) bond motifs is 1. The topological polar surface area (TPSA) is 9.23 Å². The lowest BCUT2D eigenvalue weighted by Gasteiger charge is -2.26. The third kappa shape index (κ3) is 1.91. The van der Waals surface area contributed by atoms with Crippen molar-refractivity contribution in [3.8, 4) is 0 Å². The summed E-state index contributed by atoms with van der Waals surface area (Å²) in [6.07, 6.45) is 7.33. The number of halogens is 1. The Labute approximate surface area is 101 Å². The molecule has 0 amide bonds. The summed E-state index contributed by atoms with van der Waals surface area (Å²) in [5, 5.41) is 0. The molecule has 17 heavy (non-hydrogen) atoms. The van der Waals surface area contributed by atoms with Crippen molar-refractivity contribution in [1.29, 1.82) is 0 Å². The molecule has 0 saturated heterocycles. The molecule has 90 valence electrons. The van der Waals surface area contributed by atoms with Crippen LogP contribution >= 0.6 is 0 Å². The molecule has 0 radical (unpaired) electrons. The zero-order valence-corrected chi connectivity index (χ0v) is 10.1. The molecule has 1 aromatic rings. The highest BCUT2D eigenvalue weighted by molar-refractivity contribution is 5.33. The van der Waals surface area contributed by atoms with E-state index in [0.29, 0.717) is 6.10 Å². The Morgan fingerprint density at radius 2 is 2.00 bits per heavy atom. The van der Waals surface area contributed by atoms with Gasteiger partial charge >= 0.3 is 0 Å². The average molecular weight is 232 g/mol. The first-order valence-electron chi connectivity index (χ1n) is 6.33. The largest absolute Gasteiger partial charge is 0.359 e. The van der Waals surface area contributed by atoms with Gasteiger partial charge in [0, 0.05) is 0 Å². The second-order valence-corrected chi connectivity index (χ2v) is 5.19. The van der Waals surface area contributed by atoms with Crippen LogP contribution < -0.4 is 0 Å². The SMILES string of the molecule is C[C@@]1(c2ccc(F)cc2)C=C2CCCC[C@@H]2O1. The van der Waals surface area contributed by atoms with Crippen molar-refractivity contribution >= 4 is 0 Å². The second-order valence-electron chi connectivity index (χ2n) is 5.19. The van der Waals surface area contributed by atoms with E-state index in [1.807, 2.05) is 12.1 Å². The Morgan fingerprint density at radius 1 is 1.24 bits per heavy atom. The maximum Gasteiger partial charge on any atom is 0.123 e. The molecule has 1 aliphatic carbocycles. The normalized spacial score (nSPS) is 32.1. The fourth-order valence-corrected chi connectivity index (χ4v) is 2.92. The molecule has 0 bridgehead atoms. The number of benzene rings is 1. The van der Waals surface area contributed by atoms with Crippen molar-refractivity contribution in [1.82, 2.24) is 0 Å². The van der Waals surface area contributed by atoms with Gasteiger partial charge in [-0.05, 0) is 55.5 Å². The van der Waals surface area contributed by atoms with Crippen LogP contribution in [0.15, 0.2) is 35.9 Å². The van der Waals surface area contributed by atoms with E-state index in [1.54, 1.807) is 0 Å². The summed E-state index contributed by atoms with van der Waals surface area (Å²) in [5.41, 5.74) is 2.11. The highest BCUT2D eigenvalue weighted by Gasteiger charge is 2.38. The summed E-state index contributed by atoms with van der Waals surface area (Å²) in [6.45, 7) is 2.07. The van der Waals surface area contributed by atoms with Gasteiger partial charge in [-0.15, -0.1) is 0 Å². The lowest BCUT2D eigenvalue weighted by atomic mass is 9.90. The fourth-order valence-electron chi connectivity index (χ4n) is 2.92. The summed E-state index contributed by atoms with van der Waals surface area (Å²) in [5.74, 6) is -0.194. The van der Waals surface area contributed by atoms with E-state index in [-0.39, 0.29) is 11.4 Å². The van der Waals surface area contributed by atoms with Gasteiger partial charge < -0.3 is 4.74 Å². The molecule has 3 rings (SSSR count). The van der Waals surface area contributed by atoms with Gasteiger partial charge in [0.25, 0.3) is 0 Å². The monoisotopic (exact) mass is 232 g/mol. The summed E-state index contributed by atoms with van der Waals surface area (Å²) in [4.78, 5) is 0. The van der Waals surface area contributed by atoms with Gasteiger partial charge in [-0.25, -0.2) is 4.39 Å². The molecule has 0 spiro atoms. The van der Waals surface area contributed by atoms with Crippen molar-refractivity contribution in [3.63, 3.8) is 0 Å². The average Bonchev–Trinajstić information content (AvgIpc) is 2.67. The van der Waals surface area contributed by atoms with Crippen LogP contribution in [0.3, 0.4) is 0 Å². The minimum atomic E-state index is -0.363. The molecule has 1 nitrogen and oxygen atoms in total. The first kappa shape index (κ1) is 11.0. The summed E-state index contributed by atoms with van der Waals surface area (Å²) < 4.78 is 19.1. The molecule has 0 unspecified atom stereocenters. The molecule has 1 fully saturated rings. The standard InChI is InChI=1S/C15H17FO/c1-15(12-6-8-13(16)9-7-12)10-11-4-2-3-5-14(11)17-15/h6-10,14H,2-5H2,1H3/t14-,15-/m0/s1. The first-order valence-corrected chi connectivity index (χ1v) is 6.33. The Balaban J connectivity index is 1.92. The lowest BCUT2D eigenvalue weighted by Crippen LogP contribution is -2.24. The summed E-state index contributed by atoms with van der Waals surface area (Å²) in [6, 6.07) is 6.66. The zero-order chi connectivity index (χ0) is 11.9. The predicted octanol–water partition coefficient (Wildman–Crippen LogP) is 3.94. The molecule has 2 aliphatic rings. The van der Waals surface area contributed by atoms with E-state index in [0.717, 1.165) is 18.4 Å². The van der Waals surface area contributed by atoms with E-state index in [9.17, 15) is 4.39 Å². The van der Waals surface area contributed by atoms with Crippen molar-refractivity contribution in [2.45, 2.75) is 44.3 Å². The number of ether oxygens (including phenoxy) is 1. The highest BCUT2D eigenvalue weighted by Crippen LogP contribution is 2.42. The first-order chi connectivity index (χ1) is 8.17. The van der Waals surface area contributed by atoms with Gasteiger partial charge in [0.1, 0.15) is 11.4 Å². The van der Waals surface area contributed by atoms with Crippen LogP contribution in [0.1, 0.15) is 38.2 Å². The predicted molar refractivity (Wildman–Crippen MR) is 65.2 cm³/mol. The van der Waals surface area contributed by atoms with Crippen LogP contribution in [0, 0.1) is 5.82 Å². The number of rotatable bonds is 1. The summed E-state index contributed by atoms with van der Waals surface area (Å²) >= 11 is 0. The van der Waals surface area contributed by atoms with Gasteiger partial charge in [0.15, 0.2) is 0 Å². The van der Waals surface area contributed by atoms with Crippen molar-refractivity contribution in [3.05, 3.63) is 47.3 Å². The molecular formula is C15H17FO. The Bertz CT molecular complexity index is 448. The van der Waals surface area contributed by atoms with Gasteiger partial charge in [-0.3, -0.25) is 0 Å². The third-order valence-electron chi connectivity index (χ3n) is 3.86. The van der Waals surface area contributed by atoms with E-state index >= 15 is 0 Å². The van der Waals surface area contributed by atoms with Crippen LogP contribution in [0.5, 0.6) is 0 Å². The van der Waals surface area contributed by atoms with E-state index < -0.39 is 0 Å². The third-order valence-corrected chi connectivity index (χ3v) is 3.86. The Kier molecular flexibility index (Phi) is 2.55. The van der Waals surface area contributed by atoms with Gasteiger partial charge in [-0.1, -0.05) is 18.6 Å². The van der Waals surface area contributed by atoms with Crippen molar-refractivity contribution < 1.29 is 9.13 Å². The molecule has 1 aliphatic heterocycles. The van der Waals surface area contributed by atoms with E-state index in [2.05, 4.69) is 13.0 Å². The van der Waals surface area contributed by atoms with E-state index in [1.165, 1.54) is 30.5 Å². The maximum atomic E-state index is 12.9. The Hall–Kier alpha value is -1.15. The van der Waals surface area contributed by atoms with Crippen LogP contribution in [-0.2, 0) is 10.3 Å². The van der Waals surface area contributed by atoms with Gasteiger partial charge in [-0.2, -0.15) is 0 Å². The smallest absolute Gasteiger partial charge is 0.123 e. The molecule has 0 aromatic heterocycles. The summed E-state index contributed by atoms with van der Waals surface area (Å²) in [7, 11) is 0. The van der Waals surface area contributed by atoms with Crippen molar-refractivity contribution in [2.75, 3.05) is 0 Å². The molecule has 2 atom stereocenters. The van der Waals surface area contributed by atoms with Gasteiger partial charge in [0.05, 0.1) is 6.10 Å². The van der Waals surface area contributed by atoms with Gasteiger partial charge in [0.2, 0.25) is 0 Å². The van der Waals surface area contributed by atoms with E-state index in [4.69, 9.17) is 4.74 Å².